The lowest BCUT2D eigenvalue weighted by Crippen LogP contribution is -2.19. The van der Waals surface area contributed by atoms with Gasteiger partial charge in [-0.3, -0.25) is 9.36 Å². The first-order valence-electron chi connectivity index (χ1n) is 17.1. The highest BCUT2D eigenvalue weighted by molar-refractivity contribution is 6.15. The zero-order valence-corrected chi connectivity index (χ0v) is 28.2. The second-order valence-electron chi connectivity index (χ2n) is 13.7. The van der Waals surface area contributed by atoms with E-state index in [1.54, 1.807) is 0 Å². The van der Waals surface area contributed by atoms with Crippen LogP contribution in [0, 0.1) is 0 Å². The molecule has 50 heavy (non-hydrogen) atoms. The van der Waals surface area contributed by atoms with Crippen molar-refractivity contribution < 1.29 is 0 Å². The summed E-state index contributed by atoms with van der Waals surface area (Å²) in [6.07, 6.45) is 3.98. The van der Waals surface area contributed by atoms with Gasteiger partial charge in [-0.1, -0.05) is 148 Å². The first kappa shape index (κ1) is 29.9. The van der Waals surface area contributed by atoms with Gasteiger partial charge >= 0.3 is 0 Å². The highest BCUT2D eigenvalue weighted by atomic mass is 16.1. The van der Waals surface area contributed by atoms with Crippen LogP contribution in [0.3, 0.4) is 0 Å². The lowest BCUT2D eigenvalue weighted by molar-refractivity contribution is 0.660. The molecule has 238 valence electrons. The van der Waals surface area contributed by atoms with Crippen LogP contribution in [-0.2, 0) is 5.41 Å². The molecule has 2 heteroatoms. The van der Waals surface area contributed by atoms with Crippen molar-refractivity contribution in [3.63, 3.8) is 0 Å². The molecule has 8 aromatic rings. The minimum atomic E-state index is -0.109. The molecule has 1 aliphatic carbocycles. The number of hydrogen-bond acceptors (Lipinski definition) is 1. The maximum absolute atomic E-state index is 14.0. The molecular formula is C48H35NO. The van der Waals surface area contributed by atoms with Gasteiger partial charge < -0.3 is 0 Å². The van der Waals surface area contributed by atoms with Crippen LogP contribution >= 0.6 is 0 Å². The van der Waals surface area contributed by atoms with Crippen LogP contribution in [-0.4, -0.2) is 4.57 Å². The van der Waals surface area contributed by atoms with Gasteiger partial charge in [0.15, 0.2) is 0 Å². The van der Waals surface area contributed by atoms with E-state index in [0.29, 0.717) is 5.39 Å². The van der Waals surface area contributed by atoms with Gasteiger partial charge in [0.1, 0.15) is 0 Å². The first-order chi connectivity index (χ1) is 24.4. The monoisotopic (exact) mass is 641 g/mol. The number of pyridine rings is 1. The molecule has 0 radical (unpaired) electrons. The Labute approximate surface area is 291 Å². The summed E-state index contributed by atoms with van der Waals surface area (Å²) in [6.45, 7) is 13.4. The molecule has 0 unspecified atom stereocenters. The van der Waals surface area contributed by atoms with Crippen molar-refractivity contribution in [2.45, 2.75) is 19.3 Å². The van der Waals surface area contributed by atoms with E-state index in [-0.39, 0.29) is 11.0 Å². The third kappa shape index (κ3) is 4.12. The lowest BCUT2D eigenvalue weighted by atomic mass is 9.79. The van der Waals surface area contributed by atoms with Crippen molar-refractivity contribution in [1.82, 2.24) is 4.57 Å². The number of para-hydroxylation sites is 1. The zero-order chi connectivity index (χ0) is 34.1. The van der Waals surface area contributed by atoms with Gasteiger partial charge in [-0.15, -0.1) is 0 Å². The molecule has 7 aromatic carbocycles. The fourth-order valence-corrected chi connectivity index (χ4v) is 8.54. The molecule has 0 saturated heterocycles. The Morgan fingerprint density at radius 2 is 1.10 bits per heavy atom. The summed E-state index contributed by atoms with van der Waals surface area (Å²) in [6, 6.07) is 48.6. The van der Waals surface area contributed by atoms with Gasteiger partial charge in [-0.25, -0.2) is 0 Å². The van der Waals surface area contributed by atoms with Gasteiger partial charge in [0.25, 0.3) is 5.56 Å². The Hall–Kier alpha value is -6.25. The van der Waals surface area contributed by atoms with Crippen molar-refractivity contribution in [3.8, 4) is 39.1 Å². The standard InChI is InChI=1S/C48H35NO/c1-5-32-33(6-2)45(39-24-16-26-42-46(39)38-23-14-15-25-41(38)48(42,3)4)36-21-12-11-20-35(36)44(32)30-27-28-43-40(29-30)34-19-10-13-22-37(34)47(50)49(43)31-17-8-7-9-18-31/h5-29H,1-2H2,3-4H3. The molecular weight excluding hydrogens is 607 g/mol. The van der Waals surface area contributed by atoms with E-state index in [0.717, 1.165) is 55.0 Å². The number of rotatable bonds is 5. The SMILES string of the molecule is C=Cc1c(C=C)c(-c2cccc3c2-c2ccccc2C3(C)C)c2ccccc2c1-c1ccc2c(c1)c1ccccc1c(=O)n2-c1ccccc1. The van der Waals surface area contributed by atoms with E-state index in [9.17, 15) is 4.79 Å². The number of benzene rings is 7. The van der Waals surface area contributed by atoms with Gasteiger partial charge in [0, 0.05) is 21.9 Å². The molecule has 1 heterocycles. The largest absolute Gasteiger partial charge is 0.276 e. The van der Waals surface area contributed by atoms with E-state index in [2.05, 4.69) is 118 Å². The normalized spacial score (nSPS) is 13.0. The lowest BCUT2D eigenvalue weighted by Gasteiger charge is -2.24. The van der Waals surface area contributed by atoms with Gasteiger partial charge in [-0.2, -0.15) is 0 Å². The molecule has 1 aliphatic rings. The Morgan fingerprint density at radius 1 is 0.520 bits per heavy atom. The smallest absolute Gasteiger partial charge is 0.263 e. The highest BCUT2D eigenvalue weighted by Crippen LogP contribution is 2.54. The molecule has 0 aliphatic heterocycles. The third-order valence-corrected chi connectivity index (χ3v) is 10.8. The topological polar surface area (TPSA) is 22.0 Å². The van der Waals surface area contributed by atoms with E-state index in [1.807, 2.05) is 65.3 Å². The first-order valence-corrected chi connectivity index (χ1v) is 17.1. The summed E-state index contributed by atoms with van der Waals surface area (Å²) in [5, 5.41) is 4.96. The van der Waals surface area contributed by atoms with Crippen molar-refractivity contribution in [2.24, 2.45) is 0 Å². The summed E-state index contributed by atoms with van der Waals surface area (Å²) in [7, 11) is 0. The average molecular weight is 642 g/mol. The van der Waals surface area contributed by atoms with Crippen LogP contribution < -0.4 is 5.56 Å². The number of aromatic nitrogens is 1. The Morgan fingerprint density at radius 3 is 1.84 bits per heavy atom. The van der Waals surface area contributed by atoms with Crippen LogP contribution in [0.25, 0.3) is 83.7 Å². The average Bonchev–Trinajstić information content (AvgIpc) is 3.40. The molecule has 2 nitrogen and oxygen atoms in total. The summed E-state index contributed by atoms with van der Waals surface area (Å²) >= 11 is 0. The van der Waals surface area contributed by atoms with E-state index in [4.69, 9.17) is 0 Å². The molecule has 0 bridgehead atoms. The maximum Gasteiger partial charge on any atom is 0.263 e. The molecule has 0 saturated carbocycles. The molecule has 0 amide bonds. The summed E-state index contributed by atoms with van der Waals surface area (Å²) in [4.78, 5) is 14.0. The molecule has 0 fully saturated rings. The van der Waals surface area contributed by atoms with Crippen LogP contribution in [0.2, 0.25) is 0 Å². The number of hydrogen-bond donors (Lipinski definition) is 0. The molecule has 1 aromatic heterocycles. The Kier molecular flexibility index (Phi) is 6.66. The second kappa shape index (κ2) is 11.1. The zero-order valence-electron chi connectivity index (χ0n) is 28.2. The molecule has 0 atom stereocenters. The van der Waals surface area contributed by atoms with E-state index < -0.39 is 0 Å². The van der Waals surface area contributed by atoms with Crippen LogP contribution in [0.5, 0.6) is 0 Å². The predicted molar refractivity (Wildman–Crippen MR) is 213 cm³/mol. The summed E-state index contributed by atoms with van der Waals surface area (Å²) in [5.74, 6) is 0. The van der Waals surface area contributed by atoms with E-state index in [1.165, 1.54) is 33.4 Å². The third-order valence-electron chi connectivity index (χ3n) is 10.8. The second-order valence-corrected chi connectivity index (χ2v) is 13.7. The van der Waals surface area contributed by atoms with Gasteiger partial charge in [-0.05, 0) is 102 Å². The summed E-state index contributed by atoms with van der Waals surface area (Å²) < 4.78 is 1.83. The quantitative estimate of drug-likeness (QED) is 0.171. The molecule has 0 N–H and O–H groups in total. The van der Waals surface area contributed by atoms with Crippen LogP contribution in [0.4, 0.5) is 0 Å². The number of fused-ring (bicyclic) bond motifs is 7. The maximum atomic E-state index is 14.0. The Bertz CT molecular complexity index is 2780. The fraction of sp³-hybridized carbons (Fsp3) is 0.0625. The van der Waals surface area contributed by atoms with Crippen molar-refractivity contribution >= 4 is 44.6 Å². The fourth-order valence-electron chi connectivity index (χ4n) is 8.54. The van der Waals surface area contributed by atoms with Gasteiger partial charge in [0.05, 0.1) is 5.52 Å². The number of nitrogens with zero attached hydrogens (tertiary/aromatic N) is 1. The Balaban J connectivity index is 1.38. The predicted octanol–water partition coefficient (Wildman–Crippen LogP) is 12.2. The van der Waals surface area contributed by atoms with Crippen molar-refractivity contribution in [3.05, 3.63) is 185 Å². The van der Waals surface area contributed by atoms with Crippen LogP contribution in [0.1, 0.15) is 36.1 Å². The molecule has 0 spiro atoms. The minimum Gasteiger partial charge on any atom is -0.276 e. The highest BCUT2D eigenvalue weighted by Gasteiger charge is 2.37. The molecule has 9 rings (SSSR count). The van der Waals surface area contributed by atoms with Crippen molar-refractivity contribution in [2.75, 3.05) is 0 Å². The minimum absolute atomic E-state index is 0.0253. The van der Waals surface area contributed by atoms with Crippen molar-refractivity contribution in [1.29, 1.82) is 0 Å². The summed E-state index contributed by atoms with van der Waals surface area (Å²) in [5.41, 5.74) is 13.5. The van der Waals surface area contributed by atoms with Gasteiger partial charge in [0.2, 0.25) is 0 Å². The van der Waals surface area contributed by atoms with E-state index >= 15 is 0 Å². The van der Waals surface area contributed by atoms with Crippen LogP contribution in [0.15, 0.2) is 157 Å².